The van der Waals surface area contributed by atoms with Gasteiger partial charge >= 0.3 is 0 Å². The number of benzene rings is 2. The number of para-hydroxylation sites is 1. The van der Waals surface area contributed by atoms with Crippen LogP contribution in [-0.4, -0.2) is 54.1 Å². The molecule has 1 N–H and O–H groups in total. The van der Waals surface area contributed by atoms with Gasteiger partial charge in [0.25, 0.3) is 0 Å². The minimum absolute atomic E-state index is 0.287. The summed E-state index contributed by atoms with van der Waals surface area (Å²) in [6, 6.07) is 18.3. The van der Waals surface area contributed by atoms with Crippen molar-refractivity contribution in [3.63, 3.8) is 0 Å². The van der Waals surface area contributed by atoms with E-state index in [2.05, 4.69) is 70.2 Å². The van der Waals surface area contributed by atoms with E-state index >= 15 is 0 Å². The third kappa shape index (κ3) is 3.34. The zero-order valence-corrected chi connectivity index (χ0v) is 17.5. The predicted octanol–water partition coefficient (Wildman–Crippen LogP) is 4.61. The van der Waals surface area contributed by atoms with Crippen molar-refractivity contribution >= 4 is 10.9 Å². The van der Waals surface area contributed by atoms with Crippen molar-refractivity contribution in [3.8, 4) is 5.75 Å². The van der Waals surface area contributed by atoms with Crippen molar-refractivity contribution in [2.45, 2.75) is 38.3 Å². The number of hydrogen-bond donors (Lipinski definition) is 1. The number of nitrogens with one attached hydrogen (secondary N) is 1. The maximum absolute atomic E-state index is 5.40. The van der Waals surface area contributed by atoms with Crippen LogP contribution >= 0.6 is 0 Å². The van der Waals surface area contributed by atoms with Crippen LogP contribution in [0.3, 0.4) is 0 Å². The Bertz CT molecular complexity index is 977. The number of methoxy groups -OCH3 is 1. The summed E-state index contributed by atoms with van der Waals surface area (Å²) in [5.74, 6) is 0.919. The Morgan fingerprint density at radius 3 is 2.69 bits per heavy atom. The van der Waals surface area contributed by atoms with Gasteiger partial charge in [0.2, 0.25) is 0 Å². The molecule has 3 aromatic rings. The van der Waals surface area contributed by atoms with E-state index < -0.39 is 0 Å². The molecule has 5 rings (SSSR count). The molecule has 152 valence electrons. The second kappa shape index (κ2) is 7.85. The minimum Gasteiger partial charge on any atom is -0.497 e. The van der Waals surface area contributed by atoms with Gasteiger partial charge in [0.05, 0.1) is 13.2 Å². The number of piperazine rings is 1. The molecule has 3 heterocycles. The maximum atomic E-state index is 5.40. The summed E-state index contributed by atoms with van der Waals surface area (Å²) in [7, 11) is 1.73. The molecule has 1 saturated heterocycles. The van der Waals surface area contributed by atoms with Crippen LogP contribution in [-0.2, 0) is 6.42 Å². The molecule has 0 spiro atoms. The number of rotatable bonds is 5. The molecule has 29 heavy (non-hydrogen) atoms. The zero-order chi connectivity index (χ0) is 19.8. The molecule has 1 aromatic heterocycles. The summed E-state index contributed by atoms with van der Waals surface area (Å²) in [5.41, 5.74) is 5.51. The highest BCUT2D eigenvalue weighted by Gasteiger charge is 2.40. The van der Waals surface area contributed by atoms with Crippen molar-refractivity contribution < 1.29 is 4.74 Å². The highest BCUT2D eigenvalue weighted by atomic mass is 16.5. The molecule has 0 bridgehead atoms. The fourth-order valence-corrected chi connectivity index (χ4v) is 5.26. The molecule has 1 fully saturated rings. The van der Waals surface area contributed by atoms with Crippen molar-refractivity contribution in [3.05, 3.63) is 65.4 Å². The summed E-state index contributed by atoms with van der Waals surface area (Å²) in [5, 5.41) is 1.39. The maximum Gasteiger partial charge on any atom is 0.118 e. The Kier molecular flexibility index (Phi) is 5.06. The summed E-state index contributed by atoms with van der Waals surface area (Å²) in [6.45, 7) is 6.98. The van der Waals surface area contributed by atoms with Gasteiger partial charge in [-0.1, -0.05) is 43.7 Å². The van der Waals surface area contributed by atoms with Gasteiger partial charge in [-0.3, -0.25) is 4.90 Å². The van der Waals surface area contributed by atoms with E-state index in [0.717, 1.165) is 18.7 Å². The van der Waals surface area contributed by atoms with E-state index in [1.54, 1.807) is 7.11 Å². The molecule has 2 atom stereocenters. The summed E-state index contributed by atoms with van der Waals surface area (Å²) in [6.07, 6.45) is 3.70. The van der Waals surface area contributed by atoms with Crippen LogP contribution in [0.5, 0.6) is 5.75 Å². The first-order valence-electron chi connectivity index (χ1n) is 11.0. The van der Waals surface area contributed by atoms with Crippen molar-refractivity contribution in [1.82, 2.24) is 14.8 Å². The Morgan fingerprint density at radius 2 is 1.90 bits per heavy atom. The second-order valence-corrected chi connectivity index (χ2v) is 8.49. The molecule has 0 amide bonds. The van der Waals surface area contributed by atoms with Gasteiger partial charge in [0.1, 0.15) is 5.75 Å². The van der Waals surface area contributed by atoms with E-state index in [-0.39, 0.29) is 6.04 Å². The van der Waals surface area contributed by atoms with Gasteiger partial charge in [0.15, 0.2) is 0 Å². The molecule has 2 aliphatic heterocycles. The summed E-state index contributed by atoms with van der Waals surface area (Å²) >= 11 is 0. The van der Waals surface area contributed by atoms with Gasteiger partial charge in [-0.15, -0.1) is 0 Å². The molecule has 4 nitrogen and oxygen atoms in total. The molecule has 0 unspecified atom stereocenters. The van der Waals surface area contributed by atoms with Crippen molar-refractivity contribution in [2.24, 2.45) is 0 Å². The van der Waals surface area contributed by atoms with E-state index in [1.807, 2.05) is 0 Å². The van der Waals surface area contributed by atoms with Crippen molar-refractivity contribution in [1.29, 1.82) is 0 Å². The minimum atomic E-state index is 0.287. The topological polar surface area (TPSA) is 31.5 Å². The SMILES string of the molecule is CCCCN1CCN2[C@@H](Cc3c([nH]c4ccccc34)[C@@H]2c2ccc(OC)cc2)C1. The highest BCUT2D eigenvalue weighted by molar-refractivity contribution is 5.85. The predicted molar refractivity (Wildman–Crippen MR) is 119 cm³/mol. The lowest BCUT2D eigenvalue weighted by Crippen LogP contribution is -2.57. The number of unbranched alkanes of at least 4 members (excludes halogenated alkanes) is 1. The molecule has 4 heteroatoms. The highest BCUT2D eigenvalue weighted by Crippen LogP contribution is 2.42. The van der Waals surface area contributed by atoms with Crippen LogP contribution in [0.15, 0.2) is 48.5 Å². The Morgan fingerprint density at radius 1 is 1.07 bits per heavy atom. The number of aromatic amines is 1. The van der Waals surface area contributed by atoms with Gasteiger partial charge < -0.3 is 14.6 Å². The average Bonchev–Trinajstić information content (AvgIpc) is 3.14. The Hall–Kier alpha value is -2.30. The fraction of sp³-hybridized carbons (Fsp3) is 0.440. The van der Waals surface area contributed by atoms with Crippen LogP contribution in [0.1, 0.15) is 42.6 Å². The van der Waals surface area contributed by atoms with Crippen LogP contribution in [0.2, 0.25) is 0 Å². The lowest BCUT2D eigenvalue weighted by Gasteiger charge is -2.48. The number of fused-ring (bicyclic) bond motifs is 4. The molecular weight excluding hydrogens is 358 g/mol. The summed E-state index contributed by atoms with van der Waals surface area (Å²) < 4.78 is 5.40. The first kappa shape index (κ1) is 18.7. The standard InChI is InChI=1S/C25H31N3O/c1-3-4-13-27-14-15-28-19(17-27)16-22-21-7-5-6-8-23(21)26-24(22)25(28)18-9-11-20(29-2)12-10-18/h5-12,19,25-26H,3-4,13-17H2,1-2H3/t19-,25-/m0/s1. The molecule has 0 radical (unpaired) electrons. The van der Waals surface area contributed by atoms with E-state index in [9.17, 15) is 0 Å². The number of hydrogen-bond acceptors (Lipinski definition) is 3. The van der Waals surface area contributed by atoms with Crippen LogP contribution in [0.4, 0.5) is 0 Å². The lowest BCUT2D eigenvalue weighted by molar-refractivity contribution is 0.0419. The first-order chi connectivity index (χ1) is 14.3. The molecular formula is C25H31N3O. The monoisotopic (exact) mass is 389 g/mol. The Balaban J connectivity index is 1.56. The smallest absolute Gasteiger partial charge is 0.118 e. The largest absolute Gasteiger partial charge is 0.497 e. The van der Waals surface area contributed by atoms with Crippen LogP contribution in [0, 0.1) is 0 Å². The van der Waals surface area contributed by atoms with E-state index in [4.69, 9.17) is 4.74 Å². The van der Waals surface area contributed by atoms with Gasteiger partial charge in [-0.2, -0.15) is 0 Å². The average molecular weight is 390 g/mol. The van der Waals surface area contributed by atoms with Crippen LogP contribution < -0.4 is 4.74 Å². The number of nitrogens with zero attached hydrogens (tertiary/aromatic N) is 2. The van der Waals surface area contributed by atoms with Gasteiger partial charge in [-0.25, -0.2) is 0 Å². The normalized spacial score (nSPS) is 22.4. The quantitative estimate of drug-likeness (QED) is 0.692. The third-order valence-corrected chi connectivity index (χ3v) is 6.76. The summed E-state index contributed by atoms with van der Waals surface area (Å²) in [4.78, 5) is 9.20. The van der Waals surface area contributed by atoms with Crippen molar-refractivity contribution in [2.75, 3.05) is 33.3 Å². The number of H-pyrrole nitrogens is 1. The van der Waals surface area contributed by atoms with E-state index in [1.165, 1.54) is 60.2 Å². The zero-order valence-electron chi connectivity index (χ0n) is 17.5. The number of aromatic nitrogens is 1. The molecule has 2 aliphatic rings. The fourth-order valence-electron chi connectivity index (χ4n) is 5.26. The lowest BCUT2D eigenvalue weighted by atomic mass is 9.86. The van der Waals surface area contributed by atoms with Gasteiger partial charge in [-0.05, 0) is 48.7 Å². The third-order valence-electron chi connectivity index (χ3n) is 6.76. The Labute approximate surface area is 173 Å². The second-order valence-electron chi connectivity index (χ2n) is 8.49. The molecule has 2 aromatic carbocycles. The van der Waals surface area contributed by atoms with Gasteiger partial charge in [0, 0.05) is 42.3 Å². The number of ether oxygens (including phenoxy) is 1. The first-order valence-corrected chi connectivity index (χ1v) is 11.0. The van der Waals surface area contributed by atoms with Crippen LogP contribution in [0.25, 0.3) is 10.9 Å². The molecule has 0 saturated carbocycles. The van der Waals surface area contributed by atoms with E-state index in [0.29, 0.717) is 6.04 Å². The molecule has 0 aliphatic carbocycles.